The molecule has 0 spiro atoms. The highest BCUT2D eigenvalue weighted by Crippen LogP contribution is 2.23. The maximum absolute atomic E-state index is 10.7. The molecule has 2 aromatic rings. The Kier molecular flexibility index (Phi) is 2.52. The number of fused-ring (bicyclic) bond motifs is 1. The van der Waals surface area contributed by atoms with Crippen LogP contribution in [-0.2, 0) is 18.3 Å². The molecule has 2 rings (SSSR count). The Bertz CT molecular complexity index is 545. The van der Waals surface area contributed by atoms with Gasteiger partial charge in [-0.25, -0.2) is 0 Å². The number of aliphatic carboxylic acids is 1. The van der Waals surface area contributed by atoms with Gasteiger partial charge in [-0.2, -0.15) is 5.10 Å². The molecule has 0 aliphatic rings. The predicted octanol–water partition coefficient (Wildman–Crippen LogP) is 1.21. The minimum Gasteiger partial charge on any atom is -0.497 e. The number of ether oxygens (including phenoxy) is 1. The Labute approximate surface area is 92.2 Å². The van der Waals surface area contributed by atoms with Crippen LogP contribution in [-0.4, -0.2) is 28.0 Å². The lowest BCUT2D eigenvalue weighted by molar-refractivity contribution is -0.136. The zero-order chi connectivity index (χ0) is 11.7. The number of nitrogens with zero attached hydrogens (tertiary/aromatic N) is 2. The molecule has 16 heavy (non-hydrogen) atoms. The lowest BCUT2D eigenvalue weighted by Gasteiger charge is -1.99. The summed E-state index contributed by atoms with van der Waals surface area (Å²) in [6.07, 6.45) is -0.0284. The van der Waals surface area contributed by atoms with E-state index in [1.807, 2.05) is 6.07 Å². The number of benzene rings is 1. The first-order chi connectivity index (χ1) is 7.61. The fourth-order valence-electron chi connectivity index (χ4n) is 1.71. The van der Waals surface area contributed by atoms with Crippen LogP contribution in [0.4, 0.5) is 0 Å². The zero-order valence-corrected chi connectivity index (χ0v) is 9.10. The van der Waals surface area contributed by atoms with Gasteiger partial charge in [0.25, 0.3) is 0 Å². The summed E-state index contributed by atoms with van der Waals surface area (Å²) in [5.41, 5.74) is 1.45. The van der Waals surface area contributed by atoms with Crippen molar-refractivity contribution in [2.24, 2.45) is 7.05 Å². The quantitative estimate of drug-likeness (QED) is 0.844. The van der Waals surface area contributed by atoms with Gasteiger partial charge in [0.05, 0.1) is 24.7 Å². The smallest absolute Gasteiger partial charge is 0.309 e. The van der Waals surface area contributed by atoms with Crippen molar-refractivity contribution in [3.63, 3.8) is 0 Å². The molecule has 1 N–H and O–H groups in total. The van der Waals surface area contributed by atoms with Gasteiger partial charge in [0, 0.05) is 18.5 Å². The van der Waals surface area contributed by atoms with Crippen LogP contribution >= 0.6 is 0 Å². The van der Waals surface area contributed by atoms with Gasteiger partial charge < -0.3 is 9.84 Å². The molecule has 0 atom stereocenters. The van der Waals surface area contributed by atoms with E-state index in [0.29, 0.717) is 11.4 Å². The molecule has 0 amide bonds. The lowest BCUT2D eigenvalue weighted by Crippen LogP contribution is -2.06. The highest BCUT2D eigenvalue weighted by molar-refractivity contribution is 5.86. The number of carboxylic acids is 1. The number of hydrogen-bond donors (Lipinski definition) is 1. The van der Waals surface area contributed by atoms with Gasteiger partial charge in [-0.1, -0.05) is 0 Å². The molecule has 84 valence electrons. The topological polar surface area (TPSA) is 64.3 Å². The van der Waals surface area contributed by atoms with Crippen LogP contribution < -0.4 is 4.74 Å². The Balaban J connectivity index is 2.57. The number of aromatic nitrogens is 2. The normalized spacial score (nSPS) is 10.6. The second kappa shape index (κ2) is 3.84. The van der Waals surface area contributed by atoms with E-state index in [9.17, 15) is 4.79 Å². The molecular weight excluding hydrogens is 208 g/mol. The Morgan fingerprint density at radius 3 is 2.94 bits per heavy atom. The lowest BCUT2D eigenvalue weighted by atomic mass is 10.1. The van der Waals surface area contributed by atoms with Crippen molar-refractivity contribution < 1.29 is 14.6 Å². The van der Waals surface area contributed by atoms with Gasteiger partial charge in [0.15, 0.2) is 0 Å². The number of carboxylic acid groups (broad SMARTS) is 1. The first-order valence-electron chi connectivity index (χ1n) is 4.83. The summed E-state index contributed by atoms with van der Waals surface area (Å²) < 4.78 is 6.68. The molecule has 0 bridgehead atoms. The fraction of sp³-hybridized carbons (Fsp3) is 0.273. The summed E-state index contributed by atoms with van der Waals surface area (Å²) >= 11 is 0. The Morgan fingerprint density at radius 1 is 1.56 bits per heavy atom. The van der Waals surface area contributed by atoms with Gasteiger partial charge in [-0.3, -0.25) is 9.48 Å². The summed E-state index contributed by atoms with van der Waals surface area (Å²) in [6.45, 7) is 0. The van der Waals surface area contributed by atoms with Crippen molar-refractivity contribution in [2.45, 2.75) is 6.42 Å². The van der Waals surface area contributed by atoms with Crippen LogP contribution in [0.3, 0.4) is 0 Å². The maximum atomic E-state index is 10.7. The second-order valence-electron chi connectivity index (χ2n) is 3.52. The van der Waals surface area contributed by atoms with Gasteiger partial charge >= 0.3 is 5.97 Å². The van der Waals surface area contributed by atoms with E-state index in [2.05, 4.69) is 5.10 Å². The average molecular weight is 220 g/mol. The summed E-state index contributed by atoms with van der Waals surface area (Å²) in [7, 11) is 3.33. The van der Waals surface area contributed by atoms with Crippen LogP contribution in [0.15, 0.2) is 18.2 Å². The number of aryl methyl sites for hydroxylation is 1. The van der Waals surface area contributed by atoms with Crippen molar-refractivity contribution in [2.75, 3.05) is 7.11 Å². The van der Waals surface area contributed by atoms with Crippen LogP contribution in [0, 0.1) is 0 Å². The van der Waals surface area contributed by atoms with E-state index in [-0.39, 0.29) is 6.42 Å². The van der Waals surface area contributed by atoms with E-state index in [1.165, 1.54) is 0 Å². The van der Waals surface area contributed by atoms with Gasteiger partial charge in [0.1, 0.15) is 5.75 Å². The van der Waals surface area contributed by atoms with Crippen molar-refractivity contribution in [1.82, 2.24) is 9.78 Å². The van der Waals surface area contributed by atoms with Crippen LogP contribution in [0.25, 0.3) is 10.9 Å². The molecule has 1 aromatic heterocycles. The maximum Gasteiger partial charge on any atom is 0.309 e. The monoisotopic (exact) mass is 220 g/mol. The summed E-state index contributed by atoms with van der Waals surface area (Å²) in [4.78, 5) is 10.7. The van der Waals surface area contributed by atoms with E-state index in [0.717, 1.165) is 10.9 Å². The molecular formula is C11H12N2O3. The van der Waals surface area contributed by atoms with Crippen LogP contribution in [0.5, 0.6) is 5.75 Å². The van der Waals surface area contributed by atoms with E-state index < -0.39 is 5.97 Å². The first-order valence-corrected chi connectivity index (χ1v) is 4.83. The Morgan fingerprint density at radius 2 is 2.31 bits per heavy atom. The molecule has 0 saturated carbocycles. The molecule has 0 fully saturated rings. The minimum absolute atomic E-state index is 0.0284. The van der Waals surface area contributed by atoms with Crippen molar-refractivity contribution >= 4 is 16.9 Å². The molecule has 1 aromatic carbocycles. The van der Waals surface area contributed by atoms with Crippen molar-refractivity contribution in [3.05, 3.63) is 23.9 Å². The molecule has 0 aliphatic heterocycles. The molecule has 0 unspecified atom stereocenters. The van der Waals surface area contributed by atoms with Crippen molar-refractivity contribution in [3.8, 4) is 5.75 Å². The number of methoxy groups -OCH3 is 1. The standard InChI is InChI=1S/C11H12N2O3/c1-13-10(6-11(14)15)8-4-3-7(16-2)5-9(8)12-13/h3-5H,6H2,1-2H3,(H,14,15). The van der Waals surface area contributed by atoms with E-state index >= 15 is 0 Å². The molecule has 0 aliphatic carbocycles. The molecule has 1 heterocycles. The van der Waals surface area contributed by atoms with Crippen molar-refractivity contribution in [1.29, 1.82) is 0 Å². The van der Waals surface area contributed by atoms with Gasteiger partial charge in [-0.05, 0) is 12.1 Å². The zero-order valence-electron chi connectivity index (χ0n) is 9.10. The molecule has 0 radical (unpaired) electrons. The van der Waals surface area contributed by atoms with E-state index in [4.69, 9.17) is 9.84 Å². The average Bonchev–Trinajstić information content (AvgIpc) is 2.54. The fourth-order valence-corrected chi connectivity index (χ4v) is 1.71. The Hall–Kier alpha value is -2.04. The summed E-state index contributed by atoms with van der Waals surface area (Å²) in [6, 6.07) is 5.43. The molecule has 5 nitrogen and oxygen atoms in total. The SMILES string of the molecule is COc1ccc2c(CC(=O)O)n(C)nc2c1. The van der Waals surface area contributed by atoms with Gasteiger partial charge in [-0.15, -0.1) is 0 Å². The highest BCUT2D eigenvalue weighted by atomic mass is 16.5. The highest BCUT2D eigenvalue weighted by Gasteiger charge is 2.12. The third-order valence-electron chi connectivity index (χ3n) is 2.48. The number of hydrogen-bond acceptors (Lipinski definition) is 3. The largest absolute Gasteiger partial charge is 0.497 e. The third-order valence-corrected chi connectivity index (χ3v) is 2.48. The predicted molar refractivity (Wildman–Crippen MR) is 58.6 cm³/mol. The van der Waals surface area contributed by atoms with Crippen LogP contribution in [0.1, 0.15) is 5.69 Å². The second-order valence-corrected chi connectivity index (χ2v) is 3.52. The third kappa shape index (κ3) is 1.71. The number of rotatable bonds is 3. The minimum atomic E-state index is -0.860. The van der Waals surface area contributed by atoms with Gasteiger partial charge in [0.2, 0.25) is 0 Å². The molecule has 5 heteroatoms. The van der Waals surface area contributed by atoms with E-state index in [1.54, 1.807) is 31.0 Å². The summed E-state index contributed by atoms with van der Waals surface area (Å²) in [5.74, 6) is -0.145. The molecule has 0 saturated heterocycles. The number of carbonyl (C=O) groups is 1. The first kappa shape index (κ1) is 10.5. The summed E-state index contributed by atoms with van der Waals surface area (Å²) in [5, 5.41) is 13.9. The van der Waals surface area contributed by atoms with Crippen LogP contribution in [0.2, 0.25) is 0 Å².